The molecule has 0 aliphatic rings. The van der Waals surface area contributed by atoms with Crippen molar-refractivity contribution in [1.82, 2.24) is 4.72 Å². The number of halogens is 2. The summed E-state index contributed by atoms with van der Waals surface area (Å²) in [5, 5.41) is 0. The monoisotopic (exact) mass is 338 g/mol. The lowest BCUT2D eigenvalue weighted by atomic mass is 10.3. The maximum absolute atomic E-state index is 13.1. The van der Waals surface area contributed by atoms with Crippen LogP contribution in [-0.2, 0) is 10.0 Å². The van der Waals surface area contributed by atoms with Crippen molar-refractivity contribution in [3.8, 4) is 5.75 Å². The van der Waals surface area contributed by atoms with Crippen LogP contribution in [0.25, 0.3) is 0 Å². The quantitative estimate of drug-likeness (QED) is 0.796. The van der Waals surface area contributed by atoms with Crippen LogP contribution in [0.4, 0.5) is 4.39 Å². The third-order valence-corrected chi connectivity index (χ3v) is 3.92. The van der Waals surface area contributed by atoms with Crippen LogP contribution in [0.3, 0.4) is 0 Å². The Labute approximate surface area is 130 Å². The van der Waals surface area contributed by atoms with Crippen LogP contribution >= 0.6 is 12.4 Å². The normalized spacial score (nSPS) is 12.1. The van der Waals surface area contributed by atoms with E-state index < -0.39 is 15.9 Å². The minimum absolute atomic E-state index is 0. The lowest BCUT2D eigenvalue weighted by Gasteiger charge is -2.10. The number of hydrogen-bond donors (Lipinski definition) is 2. The first kappa shape index (κ1) is 19.9. The summed E-state index contributed by atoms with van der Waals surface area (Å²) in [7, 11) is -3.52. The molecule has 0 saturated heterocycles. The lowest BCUT2D eigenvalue weighted by Crippen LogP contribution is -2.30. The van der Waals surface area contributed by atoms with Gasteiger partial charge in [0.15, 0.2) is 0 Å². The molecule has 0 amide bonds. The molecule has 120 valence electrons. The van der Waals surface area contributed by atoms with E-state index in [0.717, 1.165) is 0 Å². The van der Waals surface area contributed by atoms with Crippen LogP contribution in [-0.4, -0.2) is 27.6 Å². The summed E-state index contributed by atoms with van der Waals surface area (Å²) in [4.78, 5) is 0.136. The molecule has 0 radical (unpaired) electrons. The smallest absolute Gasteiger partial charge is 0.240 e. The van der Waals surface area contributed by atoms with E-state index in [4.69, 9.17) is 10.5 Å². The molecule has 0 aromatic heterocycles. The van der Waals surface area contributed by atoms with Crippen LogP contribution in [0, 0.1) is 0 Å². The Morgan fingerprint density at radius 2 is 1.95 bits per heavy atom. The predicted molar refractivity (Wildman–Crippen MR) is 82.9 cm³/mol. The van der Waals surface area contributed by atoms with Gasteiger partial charge in [0.2, 0.25) is 10.0 Å². The van der Waals surface area contributed by atoms with Gasteiger partial charge in [0.05, 0.1) is 4.90 Å². The fourth-order valence-electron chi connectivity index (χ4n) is 1.43. The molecule has 0 spiro atoms. The highest BCUT2D eigenvalue weighted by Crippen LogP contribution is 2.17. The molecule has 21 heavy (non-hydrogen) atoms. The van der Waals surface area contributed by atoms with E-state index >= 15 is 0 Å². The van der Waals surface area contributed by atoms with Gasteiger partial charge < -0.3 is 10.5 Å². The van der Waals surface area contributed by atoms with Crippen LogP contribution in [0.5, 0.6) is 5.75 Å². The first-order valence-corrected chi connectivity index (χ1v) is 7.63. The Morgan fingerprint density at radius 1 is 1.38 bits per heavy atom. The van der Waals surface area contributed by atoms with Crippen molar-refractivity contribution in [3.05, 3.63) is 36.2 Å². The number of hydrogen-bond acceptors (Lipinski definition) is 4. The first-order valence-electron chi connectivity index (χ1n) is 6.15. The van der Waals surface area contributed by atoms with Gasteiger partial charge in [-0.25, -0.2) is 17.5 Å². The summed E-state index contributed by atoms with van der Waals surface area (Å²) in [6, 6.07) is 5.58. The second-order valence-corrected chi connectivity index (χ2v) is 6.14. The Hall–Kier alpha value is -1.15. The Bertz CT molecular complexity index is 559. The van der Waals surface area contributed by atoms with Crippen LogP contribution in [0.1, 0.15) is 13.8 Å². The molecule has 0 atom stereocenters. The van der Waals surface area contributed by atoms with Crippen molar-refractivity contribution < 1.29 is 17.5 Å². The van der Waals surface area contributed by atoms with Gasteiger partial charge in [-0.15, -0.1) is 12.4 Å². The summed E-state index contributed by atoms with van der Waals surface area (Å²) in [6.45, 7) is 3.35. The van der Waals surface area contributed by atoms with Gasteiger partial charge in [-0.1, -0.05) is 0 Å². The van der Waals surface area contributed by atoms with Gasteiger partial charge in [0.25, 0.3) is 0 Å². The van der Waals surface area contributed by atoms with Gasteiger partial charge in [-0.05, 0) is 44.2 Å². The molecule has 0 unspecified atom stereocenters. The highest BCUT2D eigenvalue weighted by atomic mass is 35.5. The standard InChI is InChI=1S/C13H19FN2O3S.ClH/c1-10(2)16-20(17,18)13-5-3-12(4-6-13)19-9-11(14)7-8-15;/h3-7,10,16H,8-9,15H2,1-2H3;1H/b11-7+;. The van der Waals surface area contributed by atoms with Crippen molar-refractivity contribution in [2.45, 2.75) is 24.8 Å². The van der Waals surface area contributed by atoms with E-state index in [1.54, 1.807) is 13.8 Å². The minimum Gasteiger partial charge on any atom is -0.487 e. The van der Waals surface area contributed by atoms with E-state index in [0.29, 0.717) is 5.75 Å². The predicted octanol–water partition coefficient (Wildman–Crippen LogP) is 1.99. The zero-order valence-corrected chi connectivity index (χ0v) is 13.5. The van der Waals surface area contributed by atoms with E-state index in [1.165, 1.54) is 30.3 Å². The number of sulfonamides is 1. The third-order valence-electron chi connectivity index (χ3n) is 2.24. The summed E-state index contributed by atoms with van der Waals surface area (Å²) < 4.78 is 44.4. The third kappa shape index (κ3) is 6.90. The van der Waals surface area contributed by atoms with Crippen molar-refractivity contribution in [3.63, 3.8) is 0 Å². The van der Waals surface area contributed by atoms with Gasteiger partial charge in [-0.2, -0.15) is 0 Å². The topological polar surface area (TPSA) is 81.4 Å². The second-order valence-electron chi connectivity index (χ2n) is 4.42. The molecular formula is C13H20ClFN2O3S. The van der Waals surface area contributed by atoms with Crippen LogP contribution in [0.15, 0.2) is 41.1 Å². The number of ether oxygens (including phenoxy) is 1. The molecule has 8 heteroatoms. The zero-order valence-electron chi connectivity index (χ0n) is 11.9. The average molecular weight is 339 g/mol. The molecule has 1 rings (SSSR count). The first-order chi connectivity index (χ1) is 9.35. The molecule has 0 saturated carbocycles. The van der Waals surface area contributed by atoms with Crippen LogP contribution < -0.4 is 15.2 Å². The molecule has 1 aromatic carbocycles. The number of benzene rings is 1. The molecule has 0 fully saturated rings. The largest absolute Gasteiger partial charge is 0.487 e. The van der Waals surface area contributed by atoms with Crippen molar-refractivity contribution >= 4 is 22.4 Å². The molecule has 0 aliphatic heterocycles. The Kier molecular flexibility index (Phi) is 8.50. The summed E-state index contributed by atoms with van der Waals surface area (Å²) in [5.41, 5.74) is 5.16. The SMILES string of the molecule is CC(C)NS(=O)(=O)c1ccc(OC/C(F)=C\CN)cc1.Cl. The van der Waals surface area contributed by atoms with Gasteiger partial charge >= 0.3 is 0 Å². The van der Waals surface area contributed by atoms with Gasteiger partial charge in [0.1, 0.15) is 18.2 Å². The van der Waals surface area contributed by atoms with Crippen molar-refractivity contribution in [1.29, 1.82) is 0 Å². The Morgan fingerprint density at radius 3 is 2.43 bits per heavy atom. The van der Waals surface area contributed by atoms with Gasteiger partial charge in [-0.3, -0.25) is 0 Å². The van der Waals surface area contributed by atoms with E-state index in [2.05, 4.69) is 4.72 Å². The van der Waals surface area contributed by atoms with Gasteiger partial charge in [0, 0.05) is 12.6 Å². The van der Waals surface area contributed by atoms with E-state index in [-0.39, 0.29) is 36.5 Å². The number of nitrogens with one attached hydrogen (secondary N) is 1. The fourth-order valence-corrected chi connectivity index (χ4v) is 2.68. The fraction of sp³-hybridized carbons (Fsp3) is 0.385. The summed E-state index contributed by atoms with van der Waals surface area (Å²) >= 11 is 0. The summed E-state index contributed by atoms with van der Waals surface area (Å²) in [5.74, 6) is -0.0836. The molecule has 0 aliphatic carbocycles. The highest BCUT2D eigenvalue weighted by molar-refractivity contribution is 7.89. The number of nitrogens with two attached hydrogens (primary N) is 1. The molecule has 1 aromatic rings. The van der Waals surface area contributed by atoms with Crippen molar-refractivity contribution in [2.24, 2.45) is 5.73 Å². The lowest BCUT2D eigenvalue weighted by molar-refractivity contribution is 0.318. The molecular weight excluding hydrogens is 319 g/mol. The maximum Gasteiger partial charge on any atom is 0.240 e. The van der Waals surface area contributed by atoms with Crippen LogP contribution in [0.2, 0.25) is 0 Å². The Balaban J connectivity index is 0.00000400. The molecule has 3 N–H and O–H groups in total. The molecule has 0 bridgehead atoms. The van der Waals surface area contributed by atoms with Crippen molar-refractivity contribution in [2.75, 3.05) is 13.2 Å². The molecule has 5 nitrogen and oxygen atoms in total. The summed E-state index contributed by atoms with van der Waals surface area (Å²) in [6.07, 6.45) is 1.21. The second kappa shape index (κ2) is 8.99. The van der Waals surface area contributed by atoms with E-state index in [1.807, 2.05) is 0 Å². The van der Waals surface area contributed by atoms with E-state index in [9.17, 15) is 12.8 Å². The average Bonchev–Trinajstić information content (AvgIpc) is 2.36. The zero-order chi connectivity index (χ0) is 15.2. The maximum atomic E-state index is 13.1. The minimum atomic E-state index is -3.52. The molecule has 0 heterocycles. The highest BCUT2D eigenvalue weighted by Gasteiger charge is 2.14. The number of rotatable bonds is 7.